The van der Waals surface area contributed by atoms with Gasteiger partial charge in [-0.25, -0.2) is 4.68 Å². The number of allylic oxidation sites excluding steroid dienone is 1. The van der Waals surface area contributed by atoms with Gasteiger partial charge in [0.15, 0.2) is 0 Å². The highest BCUT2D eigenvalue weighted by Gasteiger charge is 2.24. The van der Waals surface area contributed by atoms with Crippen LogP contribution in [0.4, 0.5) is 0 Å². The number of carbonyl (C=O) groups excluding carboxylic acids is 2. The Morgan fingerprint density at radius 2 is 2.00 bits per heavy atom. The van der Waals surface area contributed by atoms with Crippen LogP contribution in [0, 0.1) is 0 Å². The summed E-state index contributed by atoms with van der Waals surface area (Å²) in [5.74, 6) is -0.189. The van der Waals surface area contributed by atoms with E-state index in [1.165, 1.54) is 7.11 Å². The molecule has 152 valence electrons. The van der Waals surface area contributed by atoms with Crippen LogP contribution < -0.4 is 5.43 Å². The van der Waals surface area contributed by atoms with Crippen molar-refractivity contribution < 1.29 is 14.3 Å². The lowest BCUT2D eigenvalue weighted by molar-refractivity contribution is -0.140. The Bertz CT molecular complexity index is 929. The van der Waals surface area contributed by atoms with Crippen LogP contribution in [-0.4, -0.2) is 40.9 Å². The number of Topliss-reactive ketones (excluding diaryl/α,β-unsaturated/α-hetero) is 1. The molecular weight excluding hydrogens is 368 g/mol. The zero-order valence-corrected chi connectivity index (χ0v) is 16.9. The highest BCUT2D eigenvalue weighted by molar-refractivity contribution is 6.07. The minimum Gasteiger partial charge on any atom is -0.469 e. The van der Waals surface area contributed by atoms with Gasteiger partial charge in [0.2, 0.25) is 0 Å². The Kier molecular flexibility index (Phi) is 6.94. The third kappa shape index (κ3) is 5.19. The first-order valence-electron chi connectivity index (χ1n) is 9.79. The van der Waals surface area contributed by atoms with E-state index in [0.717, 1.165) is 41.1 Å². The molecule has 2 aromatic rings. The molecule has 1 aliphatic rings. The third-order valence-electron chi connectivity index (χ3n) is 4.74. The number of fused-ring (bicyclic) bond motifs is 1. The molecule has 0 spiro atoms. The van der Waals surface area contributed by atoms with Gasteiger partial charge in [-0.15, -0.1) is 0 Å². The summed E-state index contributed by atoms with van der Waals surface area (Å²) in [7, 11) is 1.36. The molecule has 1 aliphatic heterocycles. The fourth-order valence-electron chi connectivity index (χ4n) is 3.27. The number of nitrogens with one attached hydrogen (secondary N) is 1. The molecule has 3 rings (SSSR count). The highest BCUT2D eigenvalue weighted by atomic mass is 16.5. The predicted molar refractivity (Wildman–Crippen MR) is 112 cm³/mol. The monoisotopic (exact) mass is 394 g/mol. The summed E-state index contributed by atoms with van der Waals surface area (Å²) in [6.07, 6.45) is 6.98. The van der Waals surface area contributed by atoms with Gasteiger partial charge >= 0.3 is 5.97 Å². The van der Waals surface area contributed by atoms with Crippen LogP contribution in [0.3, 0.4) is 0 Å². The van der Waals surface area contributed by atoms with Gasteiger partial charge in [0.25, 0.3) is 0 Å². The summed E-state index contributed by atoms with van der Waals surface area (Å²) in [4.78, 5) is 23.0. The number of hydrogen-bond acceptors (Lipinski definition) is 6. The lowest BCUT2D eigenvalue weighted by Gasteiger charge is -2.12. The molecule has 0 radical (unpaired) electrons. The summed E-state index contributed by atoms with van der Waals surface area (Å²) >= 11 is 0. The second kappa shape index (κ2) is 9.82. The van der Waals surface area contributed by atoms with E-state index in [4.69, 9.17) is 5.10 Å². The van der Waals surface area contributed by atoms with Gasteiger partial charge in [-0.2, -0.15) is 10.2 Å². The average Bonchev–Trinajstić information content (AvgIpc) is 3.13. The molecule has 0 atom stereocenters. The number of rotatable bonds is 9. The zero-order valence-electron chi connectivity index (χ0n) is 16.9. The number of nitrogens with zero attached hydrogens (tertiary/aromatic N) is 3. The van der Waals surface area contributed by atoms with Gasteiger partial charge in [0, 0.05) is 30.3 Å². The highest BCUT2D eigenvalue weighted by Crippen LogP contribution is 2.30. The number of benzene rings is 1. The number of hydrazone groups is 1. The first-order chi connectivity index (χ1) is 14.1. The van der Waals surface area contributed by atoms with Crippen molar-refractivity contribution in [2.75, 3.05) is 13.7 Å². The van der Waals surface area contributed by atoms with Gasteiger partial charge in [0.05, 0.1) is 24.9 Å². The molecule has 0 unspecified atom stereocenters. The molecule has 0 aliphatic carbocycles. The molecule has 2 heterocycles. The van der Waals surface area contributed by atoms with Crippen molar-refractivity contribution in [3.63, 3.8) is 0 Å². The molecule has 0 fully saturated rings. The van der Waals surface area contributed by atoms with E-state index in [9.17, 15) is 9.59 Å². The van der Waals surface area contributed by atoms with Crippen molar-refractivity contribution in [1.82, 2.24) is 15.2 Å². The van der Waals surface area contributed by atoms with E-state index in [-0.39, 0.29) is 18.2 Å². The van der Waals surface area contributed by atoms with Crippen LogP contribution in [0.5, 0.6) is 0 Å². The fourth-order valence-corrected chi connectivity index (χ4v) is 3.27. The van der Waals surface area contributed by atoms with Crippen molar-refractivity contribution in [2.45, 2.75) is 39.0 Å². The maximum absolute atomic E-state index is 11.7. The Labute approximate surface area is 170 Å². The van der Waals surface area contributed by atoms with Crippen LogP contribution >= 0.6 is 0 Å². The topological polar surface area (TPSA) is 85.6 Å². The number of carbonyl (C=O) groups is 2. The van der Waals surface area contributed by atoms with Gasteiger partial charge in [-0.3, -0.25) is 4.79 Å². The van der Waals surface area contributed by atoms with Crippen LogP contribution in [-0.2, 0) is 20.7 Å². The van der Waals surface area contributed by atoms with Crippen LogP contribution in [0.15, 0.2) is 41.5 Å². The number of esters is 1. The minimum absolute atomic E-state index is 0.106. The lowest BCUT2D eigenvalue weighted by Crippen LogP contribution is -2.18. The Hall–Kier alpha value is -3.22. The number of hydrogen-bond donors (Lipinski definition) is 1. The molecule has 1 N–H and O–H groups in total. The summed E-state index contributed by atoms with van der Waals surface area (Å²) in [5.41, 5.74) is 7.65. The van der Waals surface area contributed by atoms with Crippen molar-refractivity contribution in [1.29, 1.82) is 0 Å². The molecule has 7 nitrogen and oxygen atoms in total. The number of ketones is 1. The van der Waals surface area contributed by atoms with Crippen molar-refractivity contribution >= 4 is 23.7 Å². The molecule has 0 saturated carbocycles. The van der Waals surface area contributed by atoms with E-state index in [1.54, 1.807) is 6.92 Å². The Balaban J connectivity index is 1.99. The van der Waals surface area contributed by atoms with Crippen LogP contribution in [0.2, 0.25) is 0 Å². The molecule has 0 amide bonds. The van der Waals surface area contributed by atoms with Gasteiger partial charge < -0.3 is 15.0 Å². The van der Waals surface area contributed by atoms with Gasteiger partial charge in [-0.1, -0.05) is 36.4 Å². The molecule has 7 heteroatoms. The molecule has 0 bridgehead atoms. The Morgan fingerprint density at radius 3 is 2.72 bits per heavy atom. The fraction of sp³-hybridized carbons (Fsp3) is 0.364. The maximum atomic E-state index is 11.7. The lowest BCUT2D eigenvalue weighted by atomic mass is 9.96. The predicted octanol–water partition coefficient (Wildman–Crippen LogP) is 3.19. The van der Waals surface area contributed by atoms with Crippen LogP contribution in [0.25, 0.3) is 17.5 Å². The molecule has 1 aromatic carbocycles. The summed E-state index contributed by atoms with van der Waals surface area (Å²) < 4.78 is 6.57. The first-order valence-corrected chi connectivity index (χ1v) is 9.79. The SMILES string of the molecule is COC(=O)CCN/N=C(\CCC(C)=O)c1c(-c2ccccc2)nn2c1CCC=C2. The average molecular weight is 394 g/mol. The largest absolute Gasteiger partial charge is 0.469 e. The maximum Gasteiger partial charge on any atom is 0.307 e. The molecule has 1 aromatic heterocycles. The third-order valence-corrected chi connectivity index (χ3v) is 4.74. The van der Waals surface area contributed by atoms with E-state index < -0.39 is 0 Å². The van der Waals surface area contributed by atoms with E-state index in [1.807, 2.05) is 41.2 Å². The second-order valence-electron chi connectivity index (χ2n) is 6.90. The molecular formula is C22H26N4O3. The van der Waals surface area contributed by atoms with Gasteiger partial charge in [0.1, 0.15) is 11.5 Å². The summed E-state index contributed by atoms with van der Waals surface area (Å²) in [6, 6.07) is 9.98. The zero-order chi connectivity index (χ0) is 20.6. The van der Waals surface area contributed by atoms with Crippen molar-refractivity contribution in [3.05, 3.63) is 47.7 Å². The van der Waals surface area contributed by atoms with Crippen molar-refractivity contribution in [2.24, 2.45) is 5.10 Å². The standard InChI is InChI=1S/C22H26N4O3/c1-16(27)11-12-18(24-23-14-13-20(28)29-2)21-19-10-6-7-15-26(19)25-22(21)17-8-4-3-5-9-17/h3-5,7-9,15,23H,6,10-14H2,1-2H3/b24-18+. The minimum atomic E-state index is -0.295. The quantitative estimate of drug-likeness (QED) is 0.306. The molecule has 0 saturated heterocycles. The summed E-state index contributed by atoms with van der Waals surface area (Å²) in [5, 5.41) is 9.37. The van der Waals surface area contributed by atoms with E-state index in [2.05, 4.69) is 21.3 Å². The van der Waals surface area contributed by atoms with E-state index >= 15 is 0 Å². The van der Waals surface area contributed by atoms with Gasteiger partial charge in [-0.05, 0) is 26.2 Å². The van der Waals surface area contributed by atoms with Crippen molar-refractivity contribution in [3.8, 4) is 11.3 Å². The number of aromatic nitrogens is 2. The Morgan fingerprint density at radius 1 is 1.21 bits per heavy atom. The number of ether oxygens (including phenoxy) is 1. The number of methoxy groups -OCH3 is 1. The normalized spacial score (nSPS) is 13.1. The first kappa shape index (κ1) is 20.5. The van der Waals surface area contributed by atoms with E-state index in [0.29, 0.717) is 19.4 Å². The molecule has 29 heavy (non-hydrogen) atoms. The summed E-state index contributed by atoms with van der Waals surface area (Å²) in [6.45, 7) is 1.94. The second-order valence-corrected chi connectivity index (χ2v) is 6.90. The van der Waals surface area contributed by atoms with Crippen LogP contribution in [0.1, 0.15) is 43.9 Å². The smallest absolute Gasteiger partial charge is 0.307 e.